The number of allylic oxidation sites excluding steroid dienone is 2. The first-order chi connectivity index (χ1) is 14.4. The van der Waals surface area contributed by atoms with Crippen LogP contribution in [-0.4, -0.2) is 21.9 Å². The summed E-state index contributed by atoms with van der Waals surface area (Å²) in [4.78, 5) is 0. The molecule has 9 atom stereocenters. The van der Waals surface area contributed by atoms with Gasteiger partial charge in [-0.05, 0) is 110 Å². The summed E-state index contributed by atoms with van der Waals surface area (Å²) in [5.41, 5.74) is 2.63. The third-order valence-corrected chi connectivity index (χ3v) is 10.9. The summed E-state index contributed by atoms with van der Waals surface area (Å²) >= 11 is 0. The van der Waals surface area contributed by atoms with Gasteiger partial charge in [0.15, 0.2) is 0 Å². The van der Waals surface area contributed by atoms with Crippen LogP contribution < -0.4 is 0 Å². The van der Waals surface area contributed by atoms with Gasteiger partial charge in [-0.15, -0.1) is 0 Å². The molecule has 4 aliphatic rings. The largest absolute Gasteiger partial charge is 0.393 e. The van der Waals surface area contributed by atoms with Gasteiger partial charge in [-0.1, -0.05) is 59.3 Å². The van der Waals surface area contributed by atoms with E-state index in [1.165, 1.54) is 24.8 Å². The Kier molecular flexibility index (Phi) is 6.09. The highest BCUT2D eigenvalue weighted by atomic mass is 16.3. The van der Waals surface area contributed by atoms with Crippen molar-refractivity contribution in [2.75, 3.05) is 0 Å². The molecule has 0 aromatic rings. The highest BCUT2D eigenvalue weighted by Crippen LogP contribution is 2.66. The first-order valence-corrected chi connectivity index (χ1v) is 13.2. The third kappa shape index (κ3) is 3.78. The highest BCUT2D eigenvalue weighted by molar-refractivity contribution is 5.34. The molecule has 0 aromatic carbocycles. The van der Waals surface area contributed by atoms with E-state index in [1.54, 1.807) is 5.57 Å². The van der Waals surface area contributed by atoms with Crippen molar-refractivity contribution in [2.24, 2.45) is 46.3 Å². The Morgan fingerprint density at radius 3 is 2.35 bits per heavy atom. The van der Waals surface area contributed by atoms with Crippen molar-refractivity contribution in [1.82, 2.24) is 0 Å². The molecule has 0 aliphatic heterocycles. The summed E-state index contributed by atoms with van der Waals surface area (Å²) in [7, 11) is 0. The molecule has 0 radical (unpaired) electrons. The smallest absolute Gasteiger partial charge is 0.0836 e. The normalized spacial score (nSPS) is 43.8. The Balaban J connectivity index is 1.55. The predicted octanol–water partition coefficient (Wildman–Crippen LogP) is 6.92. The van der Waals surface area contributed by atoms with Crippen LogP contribution in [0.3, 0.4) is 0 Å². The molecule has 0 aromatic heterocycles. The van der Waals surface area contributed by atoms with Gasteiger partial charge < -0.3 is 10.2 Å². The first kappa shape index (κ1) is 23.6. The summed E-state index contributed by atoms with van der Waals surface area (Å²) in [6.45, 7) is 16.4. The van der Waals surface area contributed by atoms with Crippen LogP contribution in [0.5, 0.6) is 0 Å². The van der Waals surface area contributed by atoms with Gasteiger partial charge in [-0.3, -0.25) is 0 Å². The van der Waals surface area contributed by atoms with Crippen LogP contribution >= 0.6 is 0 Å². The highest BCUT2D eigenvalue weighted by Gasteiger charge is 2.58. The van der Waals surface area contributed by atoms with Crippen molar-refractivity contribution in [1.29, 1.82) is 0 Å². The maximum absolute atomic E-state index is 11.8. The molecular formula is C29H48O2. The van der Waals surface area contributed by atoms with E-state index < -0.39 is 5.60 Å². The topological polar surface area (TPSA) is 40.5 Å². The monoisotopic (exact) mass is 428 g/mol. The Morgan fingerprint density at radius 1 is 1.00 bits per heavy atom. The van der Waals surface area contributed by atoms with Gasteiger partial charge in [0.05, 0.1) is 11.7 Å². The van der Waals surface area contributed by atoms with Crippen LogP contribution in [0.2, 0.25) is 0 Å². The first-order valence-electron chi connectivity index (χ1n) is 13.2. The molecule has 176 valence electrons. The molecule has 2 heteroatoms. The van der Waals surface area contributed by atoms with E-state index in [-0.39, 0.29) is 16.9 Å². The lowest BCUT2D eigenvalue weighted by molar-refractivity contribution is -0.0455. The van der Waals surface area contributed by atoms with Crippen molar-refractivity contribution in [3.63, 3.8) is 0 Å². The van der Waals surface area contributed by atoms with Crippen molar-refractivity contribution in [3.05, 3.63) is 23.3 Å². The number of rotatable bonds is 5. The summed E-state index contributed by atoms with van der Waals surface area (Å²) in [5.74, 6) is 3.92. The molecule has 0 heterocycles. The Morgan fingerprint density at radius 2 is 1.68 bits per heavy atom. The van der Waals surface area contributed by atoms with Crippen molar-refractivity contribution >= 4 is 0 Å². The maximum atomic E-state index is 11.8. The van der Waals surface area contributed by atoms with E-state index in [2.05, 4.69) is 60.6 Å². The third-order valence-electron chi connectivity index (χ3n) is 10.9. The molecule has 2 nitrogen and oxygen atoms in total. The van der Waals surface area contributed by atoms with Gasteiger partial charge in [0.2, 0.25) is 0 Å². The molecule has 4 aliphatic carbocycles. The van der Waals surface area contributed by atoms with Crippen LogP contribution in [0.25, 0.3) is 0 Å². The standard InChI is InChI=1S/C29H48O2/c1-18(2)20(4)19(3)17-29(7,31)26-11-10-24-23-9-8-21-16-22(30)12-14-27(21,5)25(23)13-15-28(24,26)6/h8,11,18-20,22-25,30-31H,9-10,12-17H2,1-7H3/t19-,20-,22+,23+,24+,25+,27+,28+,29-/m1/s1. The van der Waals surface area contributed by atoms with E-state index in [0.29, 0.717) is 23.7 Å². The van der Waals surface area contributed by atoms with Gasteiger partial charge in [-0.25, -0.2) is 0 Å². The lowest BCUT2D eigenvalue weighted by Crippen LogP contribution is -2.51. The van der Waals surface area contributed by atoms with Gasteiger partial charge in [0.1, 0.15) is 0 Å². The number of aliphatic hydroxyl groups excluding tert-OH is 1. The molecule has 0 spiro atoms. The zero-order valence-electron chi connectivity index (χ0n) is 21.2. The molecule has 0 bridgehead atoms. The van der Waals surface area contributed by atoms with Crippen LogP contribution in [0.15, 0.2) is 23.3 Å². The van der Waals surface area contributed by atoms with E-state index in [0.717, 1.165) is 43.9 Å². The molecular weight excluding hydrogens is 380 g/mol. The predicted molar refractivity (Wildman–Crippen MR) is 130 cm³/mol. The summed E-state index contributed by atoms with van der Waals surface area (Å²) < 4.78 is 0. The molecule has 0 unspecified atom stereocenters. The number of hydrogen-bond acceptors (Lipinski definition) is 2. The second kappa shape index (κ2) is 8.01. The van der Waals surface area contributed by atoms with Crippen molar-refractivity contribution in [2.45, 2.75) is 112 Å². The molecule has 0 amide bonds. The number of aliphatic hydroxyl groups is 2. The summed E-state index contributed by atoms with van der Waals surface area (Å²) in [5, 5.41) is 22.0. The molecule has 2 fully saturated rings. The van der Waals surface area contributed by atoms with Gasteiger partial charge in [0, 0.05) is 0 Å². The maximum Gasteiger partial charge on any atom is 0.0836 e. The molecule has 31 heavy (non-hydrogen) atoms. The SMILES string of the molecule is CC(C)[C@@H](C)[C@H](C)C[C@@](C)(O)C1=CC[C@H]2[C@@H]3CC=C4C[C@@H](O)CC[C@]4(C)[C@H]3CC[C@]12C. The zero-order chi connectivity index (χ0) is 22.8. The number of fused-ring (bicyclic) bond motifs is 5. The fourth-order valence-electron chi connectivity index (χ4n) is 8.62. The Labute approximate surface area is 191 Å². The molecule has 0 saturated heterocycles. The fraction of sp³-hybridized carbons (Fsp3) is 0.862. The number of hydrogen-bond donors (Lipinski definition) is 2. The minimum absolute atomic E-state index is 0.130. The van der Waals surface area contributed by atoms with Gasteiger partial charge in [-0.2, -0.15) is 0 Å². The van der Waals surface area contributed by atoms with Crippen LogP contribution in [0, 0.1) is 46.3 Å². The Bertz CT molecular complexity index is 746. The molecule has 2 N–H and O–H groups in total. The zero-order valence-corrected chi connectivity index (χ0v) is 21.2. The Hall–Kier alpha value is -0.600. The van der Waals surface area contributed by atoms with E-state index >= 15 is 0 Å². The van der Waals surface area contributed by atoms with Gasteiger partial charge in [0.25, 0.3) is 0 Å². The average molecular weight is 429 g/mol. The van der Waals surface area contributed by atoms with Crippen molar-refractivity contribution < 1.29 is 10.2 Å². The summed E-state index contributed by atoms with van der Waals surface area (Å²) in [6.07, 6.45) is 13.5. The van der Waals surface area contributed by atoms with Crippen molar-refractivity contribution in [3.8, 4) is 0 Å². The second-order valence-electron chi connectivity index (χ2n) is 13.0. The molecule has 2 saturated carbocycles. The minimum Gasteiger partial charge on any atom is -0.393 e. The van der Waals surface area contributed by atoms with Crippen LogP contribution in [0.1, 0.15) is 99.8 Å². The molecule has 4 rings (SSSR count). The van der Waals surface area contributed by atoms with Crippen LogP contribution in [0.4, 0.5) is 0 Å². The lowest BCUT2D eigenvalue weighted by Gasteiger charge is -2.58. The summed E-state index contributed by atoms with van der Waals surface area (Å²) in [6, 6.07) is 0. The van der Waals surface area contributed by atoms with E-state index in [9.17, 15) is 10.2 Å². The van der Waals surface area contributed by atoms with E-state index in [4.69, 9.17) is 0 Å². The lowest BCUT2D eigenvalue weighted by atomic mass is 9.47. The van der Waals surface area contributed by atoms with Crippen LogP contribution in [-0.2, 0) is 0 Å². The van der Waals surface area contributed by atoms with Gasteiger partial charge >= 0.3 is 0 Å². The quantitative estimate of drug-likeness (QED) is 0.467. The second-order valence-corrected chi connectivity index (χ2v) is 13.0. The fourth-order valence-corrected chi connectivity index (χ4v) is 8.62. The van der Waals surface area contributed by atoms with E-state index in [1.807, 2.05) is 0 Å². The minimum atomic E-state index is -0.701. The average Bonchev–Trinajstić information content (AvgIpc) is 3.05.